The van der Waals surface area contributed by atoms with Crippen LogP contribution >= 0.6 is 0 Å². The molecule has 2 atom stereocenters. The Labute approximate surface area is 92.4 Å². The summed E-state index contributed by atoms with van der Waals surface area (Å²) in [5.74, 6) is 0. The van der Waals surface area contributed by atoms with E-state index in [1.165, 1.54) is 0 Å². The Bertz CT molecular complexity index is 323. The normalized spacial score (nSPS) is 26.2. The maximum absolute atomic E-state index is 11.0. The third-order valence-electron chi connectivity index (χ3n) is 2.03. The van der Waals surface area contributed by atoms with Gasteiger partial charge in [0, 0.05) is 6.42 Å². The lowest BCUT2D eigenvalue weighted by Crippen LogP contribution is -2.22. The molecule has 0 saturated heterocycles. The fourth-order valence-electron chi connectivity index (χ4n) is 1.08. The van der Waals surface area contributed by atoms with E-state index in [-0.39, 0.29) is 0 Å². The van der Waals surface area contributed by atoms with Crippen LogP contribution in [0.25, 0.3) is 0 Å². The molecule has 0 N–H and O–H groups in total. The van der Waals surface area contributed by atoms with Gasteiger partial charge in [0.2, 0.25) is 0 Å². The van der Waals surface area contributed by atoms with Gasteiger partial charge in [-0.25, -0.2) is 9.59 Å². The molecule has 1 aliphatic rings. The van der Waals surface area contributed by atoms with Crippen molar-refractivity contribution in [2.45, 2.75) is 25.0 Å². The van der Waals surface area contributed by atoms with Crippen LogP contribution in [0.3, 0.4) is 0 Å². The maximum Gasteiger partial charge on any atom is 0.513 e. The average molecular weight is 228 g/mol. The summed E-state index contributed by atoms with van der Waals surface area (Å²) in [6.45, 7) is 8.02. The molecule has 0 heterocycles. The molecule has 0 aromatic carbocycles. The van der Waals surface area contributed by atoms with Crippen molar-refractivity contribution < 1.29 is 28.5 Å². The van der Waals surface area contributed by atoms with Gasteiger partial charge in [-0.15, -0.1) is 0 Å². The minimum absolute atomic E-state index is 0.394. The highest BCUT2D eigenvalue weighted by molar-refractivity contribution is 5.63. The third-order valence-corrected chi connectivity index (χ3v) is 2.03. The molecule has 88 valence electrons. The zero-order valence-electron chi connectivity index (χ0n) is 8.80. The van der Waals surface area contributed by atoms with Gasteiger partial charge >= 0.3 is 12.3 Å². The Balaban J connectivity index is 2.35. The predicted octanol–water partition coefficient (Wildman–Crippen LogP) is 2.11. The van der Waals surface area contributed by atoms with Crippen molar-refractivity contribution in [3.05, 3.63) is 25.7 Å². The lowest BCUT2D eigenvalue weighted by atomic mass is 10.4. The van der Waals surface area contributed by atoms with Crippen molar-refractivity contribution in [2.75, 3.05) is 0 Å². The van der Waals surface area contributed by atoms with E-state index in [2.05, 4.69) is 22.6 Å². The molecule has 6 nitrogen and oxygen atoms in total. The summed E-state index contributed by atoms with van der Waals surface area (Å²) in [6.07, 6.45) is -0.00145. The standard InChI is InChI=1S/C10H12O6/c1-4-13-8(11)15-7-6-10(7,3)16-9(12)14-5-2/h4-5,7H,1-2,6H2,3H3. The van der Waals surface area contributed by atoms with Crippen LogP contribution in [0.1, 0.15) is 13.3 Å². The van der Waals surface area contributed by atoms with Gasteiger partial charge in [0.15, 0.2) is 5.60 Å². The minimum atomic E-state index is -0.888. The van der Waals surface area contributed by atoms with Crippen LogP contribution in [0.4, 0.5) is 9.59 Å². The quantitative estimate of drug-likeness (QED) is 0.542. The van der Waals surface area contributed by atoms with Crippen molar-refractivity contribution >= 4 is 12.3 Å². The van der Waals surface area contributed by atoms with Crippen molar-refractivity contribution in [3.63, 3.8) is 0 Å². The summed E-state index contributed by atoms with van der Waals surface area (Å²) in [5.41, 5.74) is -0.861. The number of carbonyl (C=O) groups is 2. The second-order valence-electron chi connectivity index (χ2n) is 3.29. The SMILES string of the molecule is C=COC(=O)OC1CC1(C)OC(=O)OC=C. The highest BCUT2D eigenvalue weighted by Gasteiger charge is 2.58. The molecule has 1 rings (SSSR count). The summed E-state index contributed by atoms with van der Waals surface area (Å²) in [5, 5.41) is 0. The van der Waals surface area contributed by atoms with Crippen molar-refractivity contribution in [2.24, 2.45) is 0 Å². The molecule has 0 aliphatic heterocycles. The zero-order valence-corrected chi connectivity index (χ0v) is 8.80. The summed E-state index contributed by atoms with van der Waals surface area (Å²) in [4.78, 5) is 21.8. The maximum atomic E-state index is 11.0. The lowest BCUT2D eigenvalue weighted by Gasteiger charge is -2.11. The Hall–Kier alpha value is -1.98. The van der Waals surface area contributed by atoms with Gasteiger partial charge in [0.05, 0.1) is 12.5 Å². The highest BCUT2D eigenvalue weighted by Crippen LogP contribution is 2.42. The molecule has 0 radical (unpaired) electrons. The molecule has 0 amide bonds. The second kappa shape index (κ2) is 4.69. The molecule has 1 saturated carbocycles. The molecule has 0 bridgehead atoms. The second-order valence-corrected chi connectivity index (χ2v) is 3.29. The van der Waals surface area contributed by atoms with Crippen LogP contribution in [-0.2, 0) is 18.9 Å². The van der Waals surface area contributed by atoms with E-state index in [9.17, 15) is 9.59 Å². The Morgan fingerprint density at radius 2 is 1.81 bits per heavy atom. The predicted molar refractivity (Wildman–Crippen MR) is 52.3 cm³/mol. The van der Waals surface area contributed by atoms with Gasteiger partial charge in [0.25, 0.3) is 0 Å². The van der Waals surface area contributed by atoms with Crippen molar-refractivity contribution in [1.82, 2.24) is 0 Å². The molecule has 2 unspecified atom stereocenters. The van der Waals surface area contributed by atoms with Gasteiger partial charge in [-0.2, -0.15) is 0 Å². The molecular formula is C10H12O6. The van der Waals surface area contributed by atoms with E-state index < -0.39 is 24.0 Å². The minimum Gasteiger partial charge on any atom is -0.426 e. The van der Waals surface area contributed by atoms with Crippen molar-refractivity contribution in [1.29, 1.82) is 0 Å². The highest BCUT2D eigenvalue weighted by atomic mass is 16.8. The van der Waals surface area contributed by atoms with Crippen LogP contribution < -0.4 is 0 Å². The fraction of sp³-hybridized carbons (Fsp3) is 0.400. The summed E-state index contributed by atoms with van der Waals surface area (Å²) in [6, 6.07) is 0. The molecule has 16 heavy (non-hydrogen) atoms. The molecule has 0 aromatic heterocycles. The topological polar surface area (TPSA) is 71.1 Å². The number of hydrogen-bond acceptors (Lipinski definition) is 6. The van der Waals surface area contributed by atoms with Gasteiger partial charge < -0.3 is 18.9 Å². The number of ether oxygens (including phenoxy) is 4. The van der Waals surface area contributed by atoms with Crippen LogP contribution in [0.5, 0.6) is 0 Å². The summed E-state index contributed by atoms with van der Waals surface area (Å²) < 4.78 is 18.4. The lowest BCUT2D eigenvalue weighted by molar-refractivity contribution is 0.00475. The van der Waals surface area contributed by atoms with E-state index in [1.54, 1.807) is 6.92 Å². The first kappa shape index (κ1) is 12.1. The summed E-state index contributed by atoms with van der Waals surface area (Å²) in [7, 11) is 0. The number of rotatable bonds is 4. The third kappa shape index (κ3) is 3.01. The van der Waals surface area contributed by atoms with E-state index >= 15 is 0 Å². The zero-order chi connectivity index (χ0) is 12.2. The first-order chi connectivity index (χ1) is 7.51. The monoisotopic (exact) mass is 228 g/mol. The fourth-order valence-corrected chi connectivity index (χ4v) is 1.08. The molecular weight excluding hydrogens is 216 g/mol. The van der Waals surface area contributed by atoms with E-state index in [0.29, 0.717) is 6.42 Å². The smallest absolute Gasteiger partial charge is 0.426 e. The Morgan fingerprint density at radius 1 is 1.25 bits per heavy atom. The molecule has 1 aliphatic carbocycles. The van der Waals surface area contributed by atoms with Gasteiger partial charge in [0.1, 0.15) is 6.10 Å². The van der Waals surface area contributed by atoms with Gasteiger partial charge in [-0.1, -0.05) is 13.2 Å². The molecule has 0 spiro atoms. The Kier molecular flexibility index (Phi) is 3.55. The van der Waals surface area contributed by atoms with E-state index in [0.717, 1.165) is 12.5 Å². The van der Waals surface area contributed by atoms with Crippen LogP contribution in [0.2, 0.25) is 0 Å². The van der Waals surface area contributed by atoms with Crippen LogP contribution in [0.15, 0.2) is 25.7 Å². The van der Waals surface area contributed by atoms with Crippen LogP contribution in [0, 0.1) is 0 Å². The largest absolute Gasteiger partial charge is 0.513 e. The van der Waals surface area contributed by atoms with Crippen LogP contribution in [-0.4, -0.2) is 24.0 Å². The number of hydrogen-bond donors (Lipinski definition) is 0. The van der Waals surface area contributed by atoms with Gasteiger partial charge in [-0.3, -0.25) is 0 Å². The Morgan fingerprint density at radius 3 is 2.38 bits per heavy atom. The average Bonchev–Trinajstić information content (AvgIpc) is 2.76. The first-order valence-electron chi connectivity index (χ1n) is 4.50. The number of carbonyl (C=O) groups excluding carboxylic acids is 2. The molecule has 6 heteroatoms. The van der Waals surface area contributed by atoms with Crippen molar-refractivity contribution in [3.8, 4) is 0 Å². The van der Waals surface area contributed by atoms with E-state index in [4.69, 9.17) is 9.47 Å². The van der Waals surface area contributed by atoms with E-state index in [1.807, 2.05) is 0 Å². The first-order valence-corrected chi connectivity index (χ1v) is 4.50. The molecule has 1 fully saturated rings. The van der Waals surface area contributed by atoms with Gasteiger partial charge in [-0.05, 0) is 6.92 Å². The summed E-state index contributed by atoms with van der Waals surface area (Å²) >= 11 is 0. The molecule has 0 aromatic rings.